The van der Waals surface area contributed by atoms with Crippen molar-refractivity contribution < 1.29 is 9.53 Å². The van der Waals surface area contributed by atoms with E-state index in [1.54, 1.807) is 14.2 Å². The van der Waals surface area contributed by atoms with E-state index in [-0.39, 0.29) is 0 Å². The number of piperazine rings is 1. The zero-order valence-electron chi connectivity index (χ0n) is 18.0. The van der Waals surface area contributed by atoms with Gasteiger partial charge in [0.1, 0.15) is 5.75 Å². The van der Waals surface area contributed by atoms with Crippen molar-refractivity contribution in [1.29, 1.82) is 0 Å². The number of hydrogen-bond donors (Lipinski definition) is 2. The molecule has 29 heavy (non-hydrogen) atoms. The molecule has 0 spiro atoms. The fourth-order valence-corrected chi connectivity index (χ4v) is 3.84. The molecule has 3 rings (SSSR count). The predicted octanol–water partition coefficient (Wildman–Crippen LogP) is 1.61. The van der Waals surface area contributed by atoms with E-state index in [4.69, 9.17) is 4.74 Å². The number of amides is 1. The van der Waals surface area contributed by atoms with Gasteiger partial charge in [0, 0.05) is 64.3 Å². The van der Waals surface area contributed by atoms with Crippen molar-refractivity contribution in [2.24, 2.45) is 10.9 Å². The largest absolute Gasteiger partial charge is 0.496 e. The number of nitrogens with zero attached hydrogens (tertiary/aromatic N) is 3. The first-order chi connectivity index (χ1) is 14.1. The minimum absolute atomic E-state index is 0.310. The number of hydrogen-bond acceptors (Lipinski definition) is 4. The molecule has 2 fully saturated rings. The summed E-state index contributed by atoms with van der Waals surface area (Å²) in [5.41, 5.74) is 2.29. The Morgan fingerprint density at radius 2 is 1.97 bits per heavy atom. The highest BCUT2D eigenvalue weighted by atomic mass is 16.5. The van der Waals surface area contributed by atoms with Crippen LogP contribution in [0.5, 0.6) is 5.75 Å². The van der Waals surface area contributed by atoms with Crippen LogP contribution >= 0.6 is 0 Å². The van der Waals surface area contributed by atoms with Crippen molar-refractivity contribution in [3.8, 4) is 5.75 Å². The van der Waals surface area contributed by atoms with E-state index in [0.29, 0.717) is 18.4 Å². The van der Waals surface area contributed by atoms with E-state index < -0.39 is 0 Å². The van der Waals surface area contributed by atoms with Crippen LogP contribution < -0.4 is 15.4 Å². The molecule has 2 aliphatic rings. The lowest BCUT2D eigenvalue weighted by Gasteiger charge is -2.38. The molecule has 0 aromatic heterocycles. The van der Waals surface area contributed by atoms with Crippen molar-refractivity contribution in [3.63, 3.8) is 0 Å². The van der Waals surface area contributed by atoms with Crippen molar-refractivity contribution in [2.75, 3.05) is 53.4 Å². The van der Waals surface area contributed by atoms with Crippen LogP contribution in [0, 0.1) is 12.8 Å². The fourth-order valence-electron chi connectivity index (χ4n) is 3.84. The summed E-state index contributed by atoms with van der Waals surface area (Å²) in [7, 11) is 3.48. The van der Waals surface area contributed by atoms with Gasteiger partial charge in [-0.3, -0.25) is 14.7 Å². The lowest BCUT2D eigenvalue weighted by atomic mass is 9.84. The number of nitrogens with one attached hydrogen (secondary N) is 2. The Morgan fingerprint density at radius 3 is 2.59 bits per heavy atom. The van der Waals surface area contributed by atoms with Crippen LogP contribution in [0.2, 0.25) is 0 Å². The number of benzene rings is 1. The molecule has 0 unspecified atom stereocenters. The van der Waals surface area contributed by atoms with Gasteiger partial charge in [-0.05, 0) is 31.4 Å². The van der Waals surface area contributed by atoms with E-state index in [0.717, 1.165) is 69.4 Å². The molecule has 1 saturated carbocycles. The average Bonchev–Trinajstić information content (AvgIpc) is 2.70. The Bertz CT molecular complexity index is 709. The standard InChI is InChI=1S/C22H35N5O2/c1-17-7-8-19(20(15-17)29-3)16-25-22(23-2)24-9-10-26-11-13-27(14-12-26)21(28)18-5-4-6-18/h7-8,15,18H,4-6,9-14,16H2,1-3H3,(H2,23,24,25). The SMILES string of the molecule is CN=C(NCCN1CCN(C(=O)C2CCC2)CC1)NCc1ccc(C)cc1OC. The molecule has 1 amide bonds. The smallest absolute Gasteiger partial charge is 0.225 e. The molecule has 1 aliphatic heterocycles. The number of carbonyl (C=O) groups is 1. The minimum atomic E-state index is 0.310. The van der Waals surface area contributed by atoms with Crippen LogP contribution in [0.1, 0.15) is 30.4 Å². The van der Waals surface area contributed by atoms with Crippen molar-refractivity contribution >= 4 is 11.9 Å². The average molecular weight is 402 g/mol. The van der Waals surface area contributed by atoms with E-state index in [2.05, 4.69) is 44.5 Å². The maximum Gasteiger partial charge on any atom is 0.225 e. The van der Waals surface area contributed by atoms with Crippen LogP contribution in [-0.2, 0) is 11.3 Å². The Balaban J connectivity index is 1.35. The van der Waals surface area contributed by atoms with Gasteiger partial charge < -0.3 is 20.3 Å². The highest BCUT2D eigenvalue weighted by Gasteiger charge is 2.30. The van der Waals surface area contributed by atoms with Crippen LogP contribution in [0.3, 0.4) is 0 Å². The third-order valence-electron chi connectivity index (χ3n) is 5.97. The number of aliphatic imine (C=N–C) groups is 1. The molecule has 1 aromatic rings. The third-order valence-corrected chi connectivity index (χ3v) is 5.97. The molecule has 1 aromatic carbocycles. The van der Waals surface area contributed by atoms with Crippen LogP contribution in [-0.4, -0.2) is 75.1 Å². The lowest BCUT2D eigenvalue weighted by molar-refractivity contribution is -0.139. The molecular weight excluding hydrogens is 366 g/mol. The van der Waals surface area contributed by atoms with Crippen molar-refractivity contribution in [1.82, 2.24) is 20.4 Å². The number of methoxy groups -OCH3 is 1. The molecule has 0 radical (unpaired) electrons. The number of aryl methyl sites for hydroxylation is 1. The summed E-state index contributed by atoms with van der Waals surface area (Å²) in [6, 6.07) is 6.21. The Morgan fingerprint density at radius 1 is 1.21 bits per heavy atom. The van der Waals surface area contributed by atoms with Gasteiger partial charge in [-0.15, -0.1) is 0 Å². The second kappa shape index (κ2) is 10.5. The number of ether oxygens (including phenoxy) is 1. The maximum atomic E-state index is 12.3. The Kier molecular flexibility index (Phi) is 7.75. The predicted molar refractivity (Wildman–Crippen MR) is 116 cm³/mol. The summed E-state index contributed by atoms with van der Waals surface area (Å²) in [5.74, 6) is 2.36. The van der Waals surface area contributed by atoms with Gasteiger partial charge in [0.25, 0.3) is 0 Å². The highest BCUT2D eigenvalue weighted by Crippen LogP contribution is 2.28. The summed E-state index contributed by atoms with van der Waals surface area (Å²) in [6.07, 6.45) is 3.39. The fraction of sp³-hybridized carbons (Fsp3) is 0.636. The quantitative estimate of drug-likeness (QED) is 0.537. The van der Waals surface area contributed by atoms with Gasteiger partial charge in [0.15, 0.2) is 5.96 Å². The van der Waals surface area contributed by atoms with Gasteiger partial charge >= 0.3 is 0 Å². The summed E-state index contributed by atoms with van der Waals surface area (Å²) < 4.78 is 5.47. The number of guanidine groups is 1. The zero-order chi connectivity index (χ0) is 20.6. The van der Waals surface area contributed by atoms with E-state index in [1.807, 2.05) is 6.07 Å². The molecule has 2 N–H and O–H groups in total. The summed E-state index contributed by atoms with van der Waals surface area (Å²) >= 11 is 0. The van der Waals surface area contributed by atoms with E-state index >= 15 is 0 Å². The summed E-state index contributed by atoms with van der Waals surface area (Å²) in [5, 5.41) is 6.73. The molecule has 1 saturated heterocycles. The monoisotopic (exact) mass is 401 g/mol. The molecule has 1 heterocycles. The Labute approximate surface area is 174 Å². The van der Waals surface area contributed by atoms with Crippen LogP contribution in [0.15, 0.2) is 23.2 Å². The van der Waals surface area contributed by atoms with E-state index in [1.165, 1.54) is 12.0 Å². The van der Waals surface area contributed by atoms with E-state index in [9.17, 15) is 4.79 Å². The second-order valence-corrected chi connectivity index (χ2v) is 7.96. The van der Waals surface area contributed by atoms with Gasteiger partial charge in [-0.25, -0.2) is 0 Å². The summed E-state index contributed by atoms with van der Waals surface area (Å²) in [4.78, 5) is 21.1. The minimum Gasteiger partial charge on any atom is -0.496 e. The molecule has 160 valence electrons. The third kappa shape index (κ3) is 5.85. The molecule has 1 aliphatic carbocycles. The number of carbonyl (C=O) groups excluding carboxylic acids is 1. The van der Waals surface area contributed by atoms with Gasteiger partial charge in [0.2, 0.25) is 5.91 Å². The molecule has 7 heteroatoms. The molecule has 0 atom stereocenters. The summed E-state index contributed by atoms with van der Waals surface area (Å²) in [6.45, 7) is 8.10. The van der Waals surface area contributed by atoms with Gasteiger partial charge in [-0.1, -0.05) is 18.6 Å². The first kappa shape index (κ1) is 21.4. The topological polar surface area (TPSA) is 69.2 Å². The molecule has 7 nitrogen and oxygen atoms in total. The Hall–Kier alpha value is -2.28. The first-order valence-electron chi connectivity index (χ1n) is 10.7. The second-order valence-electron chi connectivity index (χ2n) is 7.96. The van der Waals surface area contributed by atoms with Crippen LogP contribution in [0.25, 0.3) is 0 Å². The van der Waals surface area contributed by atoms with Crippen molar-refractivity contribution in [2.45, 2.75) is 32.7 Å². The van der Waals surface area contributed by atoms with Gasteiger partial charge in [-0.2, -0.15) is 0 Å². The molecular formula is C22H35N5O2. The highest BCUT2D eigenvalue weighted by molar-refractivity contribution is 5.80. The van der Waals surface area contributed by atoms with Crippen LogP contribution in [0.4, 0.5) is 0 Å². The molecule has 0 bridgehead atoms. The number of rotatable bonds is 7. The normalized spacial score (nSPS) is 18.3. The maximum absolute atomic E-state index is 12.3. The van der Waals surface area contributed by atoms with Crippen molar-refractivity contribution in [3.05, 3.63) is 29.3 Å². The zero-order valence-corrected chi connectivity index (χ0v) is 18.0. The first-order valence-corrected chi connectivity index (χ1v) is 10.7. The van der Waals surface area contributed by atoms with Gasteiger partial charge in [0.05, 0.1) is 7.11 Å². The lowest BCUT2D eigenvalue weighted by Crippen LogP contribution is -2.52.